The van der Waals surface area contributed by atoms with Gasteiger partial charge in [-0.05, 0) is 26.0 Å². The highest BCUT2D eigenvalue weighted by Gasteiger charge is 2.36. The third kappa shape index (κ3) is 4.67. The van der Waals surface area contributed by atoms with Gasteiger partial charge in [0, 0.05) is 5.71 Å². The Kier molecular flexibility index (Phi) is 4.25. The number of nitrogens with one attached hydrogen (secondary N) is 1. The van der Waals surface area contributed by atoms with Crippen molar-refractivity contribution in [3.63, 3.8) is 0 Å². The van der Waals surface area contributed by atoms with Crippen LogP contribution in [0.4, 0.5) is 18.9 Å². The number of aliphatic imine (C=N–C) groups is 1. The molecule has 0 unspecified atom stereocenters. The van der Waals surface area contributed by atoms with Gasteiger partial charge in [0.05, 0.1) is 5.69 Å². The first-order chi connectivity index (χ1) is 7.89. The van der Waals surface area contributed by atoms with E-state index in [-0.39, 0.29) is 5.69 Å². The molecule has 0 bridgehead atoms. The molecule has 6 heteroatoms. The number of para-hydroxylation sites is 1. The van der Waals surface area contributed by atoms with Crippen molar-refractivity contribution in [2.24, 2.45) is 10.1 Å². The van der Waals surface area contributed by atoms with Crippen LogP contribution in [0.1, 0.15) is 13.8 Å². The average molecular weight is 243 g/mol. The molecule has 1 aromatic rings. The number of nitrogens with zero attached hydrogens (tertiary/aromatic N) is 2. The van der Waals surface area contributed by atoms with E-state index in [2.05, 4.69) is 10.1 Å². The molecule has 1 aromatic carbocycles. The van der Waals surface area contributed by atoms with Gasteiger partial charge in [0.15, 0.2) is 0 Å². The lowest BCUT2D eigenvalue weighted by Crippen LogP contribution is -2.34. The van der Waals surface area contributed by atoms with Gasteiger partial charge in [-0.15, -0.1) is 0 Å². The van der Waals surface area contributed by atoms with Gasteiger partial charge >= 0.3 is 6.18 Å². The van der Waals surface area contributed by atoms with Crippen LogP contribution < -0.4 is 5.43 Å². The molecule has 92 valence electrons. The molecule has 0 aliphatic rings. The highest BCUT2D eigenvalue weighted by molar-refractivity contribution is 5.91. The van der Waals surface area contributed by atoms with Gasteiger partial charge < -0.3 is 0 Å². The molecule has 0 fully saturated rings. The van der Waals surface area contributed by atoms with Crippen molar-refractivity contribution in [2.75, 3.05) is 0 Å². The fourth-order valence-electron chi connectivity index (χ4n) is 0.948. The second kappa shape index (κ2) is 5.47. The number of amidine groups is 1. The molecular weight excluding hydrogens is 231 g/mol. The Labute approximate surface area is 97.1 Å². The maximum atomic E-state index is 12.6. The van der Waals surface area contributed by atoms with Crippen molar-refractivity contribution >= 4 is 17.2 Å². The third-order valence-corrected chi connectivity index (χ3v) is 1.65. The first-order valence-electron chi connectivity index (χ1n) is 4.87. The molecule has 0 saturated heterocycles. The first-order valence-corrected chi connectivity index (χ1v) is 4.87. The predicted octanol–water partition coefficient (Wildman–Crippen LogP) is 3.26. The van der Waals surface area contributed by atoms with Crippen LogP contribution in [0.5, 0.6) is 0 Å². The Hall–Kier alpha value is -1.85. The Balaban J connectivity index is 2.99. The van der Waals surface area contributed by atoms with Crippen LogP contribution in [0.3, 0.4) is 0 Å². The van der Waals surface area contributed by atoms with Crippen LogP contribution in [-0.4, -0.2) is 17.7 Å². The smallest absolute Gasteiger partial charge is 0.257 e. The molecule has 0 atom stereocenters. The summed E-state index contributed by atoms with van der Waals surface area (Å²) in [7, 11) is 0. The van der Waals surface area contributed by atoms with E-state index in [9.17, 15) is 13.2 Å². The standard InChI is InChI=1S/C11H12F3N3/c1-8(2)16-17-10(11(12,13)14)15-9-6-4-3-5-7-9/h3-7H,1-2H3,(H,15,17). The number of benzene rings is 1. The van der Waals surface area contributed by atoms with Crippen LogP contribution >= 0.6 is 0 Å². The Morgan fingerprint density at radius 3 is 2.18 bits per heavy atom. The monoisotopic (exact) mass is 243 g/mol. The van der Waals surface area contributed by atoms with Gasteiger partial charge in [-0.3, -0.25) is 5.43 Å². The van der Waals surface area contributed by atoms with Crippen molar-refractivity contribution in [3.8, 4) is 0 Å². The van der Waals surface area contributed by atoms with Gasteiger partial charge in [0.25, 0.3) is 0 Å². The molecule has 0 heterocycles. The molecule has 0 radical (unpaired) electrons. The van der Waals surface area contributed by atoms with E-state index in [4.69, 9.17) is 0 Å². The molecule has 1 N–H and O–H groups in total. The van der Waals surface area contributed by atoms with Crippen molar-refractivity contribution < 1.29 is 13.2 Å². The fourth-order valence-corrected chi connectivity index (χ4v) is 0.948. The van der Waals surface area contributed by atoms with E-state index >= 15 is 0 Å². The van der Waals surface area contributed by atoms with Gasteiger partial charge in [-0.25, -0.2) is 4.99 Å². The summed E-state index contributed by atoms with van der Waals surface area (Å²) in [6.45, 7) is 3.17. The zero-order chi connectivity index (χ0) is 12.9. The summed E-state index contributed by atoms with van der Waals surface area (Å²) >= 11 is 0. The Morgan fingerprint density at radius 1 is 1.12 bits per heavy atom. The van der Waals surface area contributed by atoms with Crippen molar-refractivity contribution in [1.82, 2.24) is 5.43 Å². The summed E-state index contributed by atoms with van der Waals surface area (Å²) in [4.78, 5) is 3.48. The van der Waals surface area contributed by atoms with Gasteiger partial charge in [0.2, 0.25) is 5.84 Å². The summed E-state index contributed by atoms with van der Waals surface area (Å²) in [5, 5.41) is 3.50. The molecule has 0 amide bonds. The van der Waals surface area contributed by atoms with E-state index in [0.717, 1.165) is 0 Å². The molecule has 1 rings (SSSR count). The quantitative estimate of drug-likeness (QED) is 0.483. The molecule has 0 spiro atoms. The zero-order valence-corrected chi connectivity index (χ0v) is 9.42. The lowest BCUT2D eigenvalue weighted by Gasteiger charge is -2.09. The summed E-state index contributed by atoms with van der Waals surface area (Å²) < 4.78 is 37.8. The number of hydrazone groups is 1. The van der Waals surface area contributed by atoms with E-state index in [1.165, 1.54) is 12.1 Å². The Morgan fingerprint density at radius 2 is 1.71 bits per heavy atom. The van der Waals surface area contributed by atoms with Crippen LogP contribution in [0.25, 0.3) is 0 Å². The largest absolute Gasteiger partial charge is 0.451 e. The number of halogens is 3. The number of alkyl halides is 3. The minimum atomic E-state index is -4.56. The Bertz CT molecular complexity index is 417. The normalized spacial score (nSPS) is 12.2. The number of hydrogen-bond acceptors (Lipinski definition) is 2. The van der Waals surface area contributed by atoms with E-state index in [1.807, 2.05) is 5.43 Å². The minimum Gasteiger partial charge on any atom is -0.257 e. The summed E-state index contributed by atoms with van der Waals surface area (Å²) in [5.74, 6) is -1.13. The number of hydrogen-bond donors (Lipinski definition) is 1. The second-order valence-electron chi connectivity index (χ2n) is 3.46. The van der Waals surface area contributed by atoms with Crippen LogP contribution in [0.15, 0.2) is 40.4 Å². The molecular formula is C11H12F3N3. The zero-order valence-electron chi connectivity index (χ0n) is 9.42. The second-order valence-corrected chi connectivity index (χ2v) is 3.46. The summed E-state index contributed by atoms with van der Waals surface area (Å²) in [5.41, 5.74) is 2.62. The van der Waals surface area contributed by atoms with E-state index < -0.39 is 12.0 Å². The lowest BCUT2D eigenvalue weighted by atomic mass is 10.3. The molecule has 0 aromatic heterocycles. The third-order valence-electron chi connectivity index (χ3n) is 1.65. The summed E-state index contributed by atoms with van der Waals surface area (Å²) in [6.07, 6.45) is -4.56. The first kappa shape index (κ1) is 13.2. The minimum absolute atomic E-state index is 0.219. The van der Waals surface area contributed by atoms with Crippen LogP contribution in [0, 0.1) is 0 Å². The topological polar surface area (TPSA) is 36.8 Å². The molecule has 0 saturated carbocycles. The molecule has 17 heavy (non-hydrogen) atoms. The maximum Gasteiger partial charge on any atom is 0.451 e. The maximum absolute atomic E-state index is 12.6. The van der Waals surface area contributed by atoms with Gasteiger partial charge in [-0.2, -0.15) is 18.3 Å². The highest BCUT2D eigenvalue weighted by atomic mass is 19.4. The SMILES string of the molecule is CC(C)=NNC(=Nc1ccccc1)C(F)(F)F. The van der Waals surface area contributed by atoms with Gasteiger partial charge in [0.1, 0.15) is 0 Å². The van der Waals surface area contributed by atoms with E-state index in [1.54, 1.807) is 32.0 Å². The summed E-state index contributed by atoms with van der Waals surface area (Å²) in [6, 6.07) is 7.89. The van der Waals surface area contributed by atoms with Crippen molar-refractivity contribution in [1.29, 1.82) is 0 Å². The fraction of sp³-hybridized carbons (Fsp3) is 0.273. The average Bonchev–Trinajstić information content (AvgIpc) is 2.23. The predicted molar refractivity (Wildman–Crippen MR) is 61.5 cm³/mol. The molecule has 0 aliphatic carbocycles. The van der Waals surface area contributed by atoms with E-state index in [0.29, 0.717) is 5.71 Å². The number of rotatable bonds is 2. The lowest BCUT2D eigenvalue weighted by molar-refractivity contribution is -0.0617. The highest BCUT2D eigenvalue weighted by Crippen LogP contribution is 2.20. The molecule has 3 nitrogen and oxygen atoms in total. The van der Waals surface area contributed by atoms with Crippen molar-refractivity contribution in [3.05, 3.63) is 30.3 Å². The van der Waals surface area contributed by atoms with Crippen LogP contribution in [-0.2, 0) is 0 Å². The van der Waals surface area contributed by atoms with Gasteiger partial charge in [-0.1, -0.05) is 18.2 Å². The van der Waals surface area contributed by atoms with Crippen molar-refractivity contribution in [2.45, 2.75) is 20.0 Å². The molecule has 0 aliphatic heterocycles. The van der Waals surface area contributed by atoms with Crippen LogP contribution in [0.2, 0.25) is 0 Å².